The third-order valence-electron chi connectivity index (χ3n) is 4.04. The van der Waals surface area contributed by atoms with Crippen LogP contribution in [0, 0.1) is 13.8 Å². The lowest BCUT2D eigenvalue weighted by Gasteiger charge is -2.17. The second-order valence-electron chi connectivity index (χ2n) is 6.06. The number of hydrogen-bond acceptors (Lipinski definition) is 2. The van der Waals surface area contributed by atoms with E-state index in [-0.39, 0.29) is 12.3 Å². The van der Waals surface area contributed by atoms with E-state index in [4.69, 9.17) is 5.11 Å². The highest BCUT2D eigenvalue weighted by molar-refractivity contribution is 5.78. The van der Waals surface area contributed by atoms with Crippen molar-refractivity contribution in [3.8, 4) is 0 Å². The summed E-state index contributed by atoms with van der Waals surface area (Å²) in [5.74, 6) is -1.07. The second kappa shape index (κ2) is 8.29. The lowest BCUT2D eigenvalue weighted by Crippen LogP contribution is -2.30. The molecule has 0 saturated heterocycles. The zero-order valence-corrected chi connectivity index (χ0v) is 14.1. The molecule has 1 atom stereocenters. The second-order valence-corrected chi connectivity index (χ2v) is 6.06. The van der Waals surface area contributed by atoms with Crippen LogP contribution in [0.2, 0.25) is 0 Å². The van der Waals surface area contributed by atoms with Crippen molar-refractivity contribution < 1.29 is 14.7 Å². The van der Waals surface area contributed by atoms with E-state index in [1.54, 1.807) is 0 Å². The van der Waals surface area contributed by atoms with Gasteiger partial charge >= 0.3 is 5.97 Å². The van der Waals surface area contributed by atoms with Gasteiger partial charge in [0, 0.05) is 6.42 Å². The number of rotatable bonds is 7. The number of carboxylic acids is 1. The fraction of sp³-hybridized carbons (Fsp3) is 0.300. The first-order valence-corrected chi connectivity index (χ1v) is 8.08. The summed E-state index contributed by atoms with van der Waals surface area (Å²) >= 11 is 0. The van der Waals surface area contributed by atoms with Gasteiger partial charge in [-0.2, -0.15) is 0 Å². The van der Waals surface area contributed by atoms with Crippen molar-refractivity contribution in [2.75, 3.05) is 0 Å². The molecule has 4 nitrogen and oxygen atoms in total. The van der Waals surface area contributed by atoms with Crippen LogP contribution in [0.3, 0.4) is 0 Å². The predicted octanol–water partition coefficient (Wildman–Crippen LogP) is 3.57. The molecule has 1 amide bonds. The van der Waals surface area contributed by atoms with Gasteiger partial charge in [-0.05, 0) is 37.0 Å². The smallest absolute Gasteiger partial charge is 0.305 e. The Labute approximate surface area is 142 Å². The van der Waals surface area contributed by atoms with Gasteiger partial charge in [-0.25, -0.2) is 0 Å². The summed E-state index contributed by atoms with van der Waals surface area (Å²) in [4.78, 5) is 23.3. The Morgan fingerprint density at radius 1 is 1.08 bits per heavy atom. The van der Waals surface area contributed by atoms with Crippen molar-refractivity contribution in [1.82, 2.24) is 5.32 Å². The third-order valence-corrected chi connectivity index (χ3v) is 4.04. The van der Waals surface area contributed by atoms with Crippen LogP contribution in [0.5, 0.6) is 0 Å². The number of nitrogens with one attached hydrogen (secondary N) is 1. The van der Waals surface area contributed by atoms with Crippen LogP contribution in [0.25, 0.3) is 0 Å². The lowest BCUT2D eigenvalue weighted by molar-refractivity contribution is -0.137. The molecule has 2 aromatic carbocycles. The van der Waals surface area contributed by atoms with Gasteiger partial charge < -0.3 is 10.4 Å². The number of hydrogen-bond donors (Lipinski definition) is 2. The van der Waals surface area contributed by atoms with Crippen LogP contribution in [0.4, 0.5) is 0 Å². The van der Waals surface area contributed by atoms with Crippen molar-refractivity contribution in [3.63, 3.8) is 0 Å². The van der Waals surface area contributed by atoms with Crippen molar-refractivity contribution >= 4 is 11.9 Å². The summed E-state index contributed by atoms with van der Waals surface area (Å²) in [5, 5.41) is 11.9. The van der Waals surface area contributed by atoms with Gasteiger partial charge in [0.1, 0.15) is 0 Å². The highest BCUT2D eigenvalue weighted by Gasteiger charge is 2.17. The molecular weight excluding hydrogens is 302 g/mol. The number of aliphatic carboxylic acids is 1. The Morgan fingerprint density at radius 2 is 1.79 bits per heavy atom. The maximum atomic E-state index is 12.3. The molecule has 0 bridgehead atoms. The van der Waals surface area contributed by atoms with Crippen LogP contribution < -0.4 is 5.32 Å². The summed E-state index contributed by atoms with van der Waals surface area (Å²) in [7, 11) is 0. The van der Waals surface area contributed by atoms with Gasteiger partial charge in [-0.15, -0.1) is 0 Å². The van der Waals surface area contributed by atoms with E-state index in [0.29, 0.717) is 12.8 Å². The third kappa shape index (κ3) is 5.23. The maximum Gasteiger partial charge on any atom is 0.305 e. The average molecular weight is 325 g/mol. The minimum atomic E-state index is -0.932. The molecule has 0 spiro atoms. The number of aryl methyl sites for hydroxylation is 3. The van der Waals surface area contributed by atoms with Gasteiger partial charge in [0.25, 0.3) is 0 Å². The Hall–Kier alpha value is -2.62. The number of carbonyl (C=O) groups is 2. The Morgan fingerprint density at radius 3 is 2.42 bits per heavy atom. The molecule has 0 fully saturated rings. The molecular formula is C20H23NO3. The van der Waals surface area contributed by atoms with E-state index in [1.165, 1.54) is 11.1 Å². The molecule has 2 rings (SSSR count). The van der Waals surface area contributed by atoms with E-state index < -0.39 is 12.0 Å². The molecule has 0 radical (unpaired) electrons. The van der Waals surface area contributed by atoms with E-state index in [2.05, 4.69) is 11.4 Å². The molecule has 1 unspecified atom stereocenters. The topological polar surface area (TPSA) is 66.4 Å². The molecule has 0 aliphatic rings. The Bertz CT molecular complexity index is 710. The average Bonchev–Trinajstić information content (AvgIpc) is 2.54. The Balaban J connectivity index is 1.98. The Kier molecular flexibility index (Phi) is 6.13. The number of benzene rings is 2. The van der Waals surface area contributed by atoms with Gasteiger partial charge in [0.05, 0.1) is 12.5 Å². The molecule has 0 heterocycles. The van der Waals surface area contributed by atoms with Crippen LogP contribution in [0.1, 0.15) is 41.1 Å². The first-order chi connectivity index (χ1) is 11.5. The van der Waals surface area contributed by atoms with E-state index in [1.807, 2.05) is 56.3 Å². The molecule has 24 heavy (non-hydrogen) atoms. The van der Waals surface area contributed by atoms with Gasteiger partial charge in [0.2, 0.25) is 5.91 Å². The van der Waals surface area contributed by atoms with Crippen molar-refractivity contribution in [2.24, 2.45) is 0 Å². The van der Waals surface area contributed by atoms with Gasteiger partial charge in [-0.3, -0.25) is 9.59 Å². The monoisotopic (exact) mass is 325 g/mol. The SMILES string of the molecule is Cc1ccc(CCC(=O)NC(CC(=O)O)c2ccccc2)c(C)c1. The van der Waals surface area contributed by atoms with E-state index in [9.17, 15) is 9.59 Å². The van der Waals surface area contributed by atoms with Crippen molar-refractivity contribution in [2.45, 2.75) is 39.2 Å². The normalized spacial score (nSPS) is 11.8. The van der Waals surface area contributed by atoms with E-state index in [0.717, 1.165) is 11.1 Å². The molecule has 2 aromatic rings. The van der Waals surface area contributed by atoms with E-state index >= 15 is 0 Å². The lowest BCUT2D eigenvalue weighted by atomic mass is 10.0. The summed E-state index contributed by atoms with van der Waals surface area (Å²) in [6, 6.07) is 14.9. The summed E-state index contributed by atoms with van der Waals surface area (Å²) in [5.41, 5.74) is 4.32. The molecule has 2 N–H and O–H groups in total. The first-order valence-electron chi connectivity index (χ1n) is 8.08. The van der Waals surface area contributed by atoms with Gasteiger partial charge in [-0.1, -0.05) is 54.1 Å². The summed E-state index contributed by atoms with van der Waals surface area (Å²) in [6.07, 6.45) is 0.860. The molecule has 126 valence electrons. The minimum absolute atomic E-state index is 0.126. The summed E-state index contributed by atoms with van der Waals surface area (Å²) < 4.78 is 0. The standard InChI is InChI=1S/C20H23NO3/c1-14-8-9-16(15(2)12-14)10-11-19(22)21-18(13-20(23)24)17-6-4-3-5-7-17/h3-9,12,18H,10-11,13H2,1-2H3,(H,21,22)(H,23,24). The highest BCUT2D eigenvalue weighted by atomic mass is 16.4. The molecule has 0 aliphatic heterocycles. The van der Waals surface area contributed by atoms with Crippen molar-refractivity contribution in [1.29, 1.82) is 0 Å². The predicted molar refractivity (Wildman–Crippen MR) is 93.8 cm³/mol. The van der Waals surface area contributed by atoms with Crippen molar-refractivity contribution in [3.05, 3.63) is 70.8 Å². The zero-order chi connectivity index (χ0) is 17.5. The minimum Gasteiger partial charge on any atom is -0.481 e. The number of carboxylic acid groups (broad SMARTS) is 1. The van der Waals surface area contributed by atoms with Crippen LogP contribution in [-0.2, 0) is 16.0 Å². The summed E-state index contributed by atoms with van der Waals surface area (Å²) in [6.45, 7) is 4.08. The number of amides is 1. The molecule has 0 aliphatic carbocycles. The molecule has 0 aromatic heterocycles. The fourth-order valence-electron chi connectivity index (χ4n) is 2.75. The zero-order valence-electron chi connectivity index (χ0n) is 14.1. The molecule has 0 saturated carbocycles. The molecule has 4 heteroatoms. The van der Waals surface area contributed by atoms with Crippen LogP contribution in [-0.4, -0.2) is 17.0 Å². The van der Waals surface area contributed by atoms with Crippen LogP contribution >= 0.6 is 0 Å². The largest absolute Gasteiger partial charge is 0.481 e. The van der Waals surface area contributed by atoms with Crippen LogP contribution in [0.15, 0.2) is 48.5 Å². The highest BCUT2D eigenvalue weighted by Crippen LogP contribution is 2.17. The van der Waals surface area contributed by atoms with Gasteiger partial charge in [0.15, 0.2) is 0 Å². The quantitative estimate of drug-likeness (QED) is 0.818. The maximum absolute atomic E-state index is 12.3. The number of carbonyl (C=O) groups excluding carboxylic acids is 1. The fourth-order valence-corrected chi connectivity index (χ4v) is 2.75. The first kappa shape index (κ1) is 17.7.